The van der Waals surface area contributed by atoms with E-state index in [1.54, 1.807) is 7.05 Å². The molecule has 0 saturated heterocycles. The Balaban J connectivity index is 3.24. The lowest BCUT2D eigenvalue weighted by atomic mass is 10.1. The summed E-state index contributed by atoms with van der Waals surface area (Å²) in [5.74, 6) is 0. The topological polar surface area (TPSA) is 23.5 Å². The molecule has 0 fully saturated rings. The fraction of sp³-hybridized carbons (Fsp3) is 0.333. The van der Waals surface area contributed by atoms with Crippen LogP contribution in [-0.4, -0.2) is 18.7 Å². The lowest BCUT2D eigenvalue weighted by Crippen LogP contribution is -2.21. The molecule has 1 rings (SSSR count). The number of anilines is 1. The van der Waals surface area contributed by atoms with Crippen molar-refractivity contribution in [2.24, 2.45) is 0 Å². The molecule has 0 bridgehead atoms. The van der Waals surface area contributed by atoms with E-state index in [1.165, 1.54) is 23.1 Å². The average molecular weight is 245 g/mol. The molecule has 0 spiro atoms. The molecule has 2 nitrogen and oxygen atoms in total. The van der Waals surface area contributed by atoms with E-state index in [-0.39, 0.29) is 11.3 Å². The predicted molar refractivity (Wildman–Crippen MR) is 60.8 cm³/mol. The third-order valence-corrected chi connectivity index (χ3v) is 2.36. The number of aliphatic hydroxyl groups excluding tert-OH is 1. The molecular weight excluding hydrogens is 231 g/mol. The van der Waals surface area contributed by atoms with Gasteiger partial charge < -0.3 is 10.0 Å². The zero-order valence-corrected chi connectivity index (χ0v) is 9.46. The highest BCUT2D eigenvalue weighted by molar-refractivity contribution is 5.56. The number of likely N-dealkylation sites (N-methyl/N-ethyl adjacent to an activating group) is 1. The van der Waals surface area contributed by atoms with Gasteiger partial charge in [0.2, 0.25) is 0 Å². The molecule has 0 heterocycles. The number of alkyl halides is 3. The molecule has 1 aromatic carbocycles. The van der Waals surface area contributed by atoms with E-state index >= 15 is 0 Å². The van der Waals surface area contributed by atoms with Crippen molar-refractivity contribution < 1.29 is 18.3 Å². The molecule has 0 radical (unpaired) electrons. The zero-order chi connectivity index (χ0) is 13.1. The van der Waals surface area contributed by atoms with Crippen LogP contribution in [0.15, 0.2) is 30.9 Å². The first kappa shape index (κ1) is 13.6. The summed E-state index contributed by atoms with van der Waals surface area (Å²) in [6.07, 6.45) is -2.91. The van der Waals surface area contributed by atoms with Crippen molar-refractivity contribution in [3.05, 3.63) is 42.0 Å². The van der Waals surface area contributed by atoms with E-state index in [4.69, 9.17) is 5.11 Å². The molecule has 0 unspecified atom stereocenters. The second-order valence-electron chi connectivity index (χ2n) is 3.68. The van der Waals surface area contributed by atoms with Gasteiger partial charge >= 0.3 is 6.18 Å². The molecule has 1 N–H and O–H groups in total. The molecule has 0 amide bonds. The smallest absolute Gasteiger partial charge is 0.392 e. The highest BCUT2D eigenvalue weighted by Gasteiger charge is 2.34. The molecule has 1 aromatic rings. The summed E-state index contributed by atoms with van der Waals surface area (Å²) < 4.78 is 38.5. The Labute approximate surface area is 98.0 Å². The number of nitrogens with zero attached hydrogens (tertiary/aromatic N) is 1. The first-order valence-electron chi connectivity index (χ1n) is 5.03. The van der Waals surface area contributed by atoms with Crippen LogP contribution in [-0.2, 0) is 12.8 Å². The van der Waals surface area contributed by atoms with Gasteiger partial charge in [-0.3, -0.25) is 0 Å². The molecule has 0 aliphatic carbocycles. The highest BCUT2D eigenvalue weighted by atomic mass is 19.4. The van der Waals surface area contributed by atoms with Crippen LogP contribution in [0, 0.1) is 0 Å². The van der Waals surface area contributed by atoms with Crippen molar-refractivity contribution in [2.45, 2.75) is 12.8 Å². The van der Waals surface area contributed by atoms with Gasteiger partial charge in [-0.15, -0.1) is 6.58 Å². The lowest BCUT2D eigenvalue weighted by Gasteiger charge is -2.22. The van der Waals surface area contributed by atoms with Crippen LogP contribution in [0.4, 0.5) is 18.9 Å². The first-order valence-corrected chi connectivity index (χ1v) is 5.03. The molecule has 0 aromatic heterocycles. The van der Waals surface area contributed by atoms with Crippen LogP contribution in [0.25, 0.3) is 0 Å². The van der Waals surface area contributed by atoms with E-state index < -0.39 is 18.3 Å². The van der Waals surface area contributed by atoms with Gasteiger partial charge in [0.05, 0.1) is 12.2 Å². The number of rotatable bonds is 4. The Morgan fingerprint density at radius 1 is 1.41 bits per heavy atom. The molecule has 17 heavy (non-hydrogen) atoms. The van der Waals surface area contributed by atoms with Crippen LogP contribution in [0.5, 0.6) is 0 Å². The Kier molecular flexibility index (Phi) is 4.17. The second-order valence-corrected chi connectivity index (χ2v) is 3.68. The first-order chi connectivity index (χ1) is 7.90. The van der Waals surface area contributed by atoms with Gasteiger partial charge in [-0.2, -0.15) is 13.2 Å². The number of halogens is 3. The third kappa shape index (κ3) is 3.23. The molecule has 5 heteroatoms. The van der Waals surface area contributed by atoms with Crippen molar-refractivity contribution in [1.82, 2.24) is 0 Å². The van der Waals surface area contributed by atoms with Crippen molar-refractivity contribution in [3.63, 3.8) is 0 Å². The predicted octanol–water partition coefficient (Wildman–Crippen LogP) is 2.82. The maximum atomic E-state index is 12.8. The largest absolute Gasteiger partial charge is 0.418 e. The summed E-state index contributed by atoms with van der Waals surface area (Å²) in [4.78, 5) is 1.46. The standard InChI is InChI=1S/C12H14F3NO/c1-3-6-16(2)11-5-4-9(8-17)7-10(11)12(13,14)15/h3-5,7,17H,1,6,8H2,2H3. The van der Waals surface area contributed by atoms with Gasteiger partial charge in [-0.05, 0) is 17.7 Å². The minimum Gasteiger partial charge on any atom is -0.392 e. The van der Waals surface area contributed by atoms with Crippen LogP contribution in [0.1, 0.15) is 11.1 Å². The van der Waals surface area contributed by atoms with E-state index in [0.29, 0.717) is 6.54 Å². The van der Waals surface area contributed by atoms with Crippen LogP contribution in [0.3, 0.4) is 0 Å². The molecule has 94 valence electrons. The maximum Gasteiger partial charge on any atom is 0.418 e. The zero-order valence-electron chi connectivity index (χ0n) is 9.46. The van der Waals surface area contributed by atoms with Crippen LogP contribution in [0.2, 0.25) is 0 Å². The number of hydrogen-bond acceptors (Lipinski definition) is 2. The minimum atomic E-state index is -4.43. The summed E-state index contributed by atoms with van der Waals surface area (Å²) in [7, 11) is 1.56. The summed E-state index contributed by atoms with van der Waals surface area (Å²) >= 11 is 0. The molecule has 0 saturated carbocycles. The van der Waals surface area contributed by atoms with E-state index in [2.05, 4.69) is 6.58 Å². The Morgan fingerprint density at radius 2 is 2.06 bits per heavy atom. The van der Waals surface area contributed by atoms with Crippen molar-refractivity contribution in [2.75, 3.05) is 18.5 Å². The fourth-order valence-corrected chi connectivity index (χ4v) is 1.53. The van der Waals surface area contributed by atoms with Crippen molar-refractivity contribution in [1.29, 1.82) is 0 Å². The summed E-state index contributed by atoms with van der Waals surface area (Å²) in [6.45, 7) is 3.40. The Bertz CT molecular complexity index is 401. The summed E-state index contributed by atoms with van der Waals surface area (Å²) in [5.41, 5.74) is -0.420. The van der Waals surface area contributed by atoms with E-state index in [1.807, 2.05) is 0 Å². The number of hydrogen-bond donors (Lipinski definition) is 1. The molecule has 0 aliphatic rings. The molecule has 0 atom stereocenters. The minimum absolute atomic E-state index is 0.0783. The van der Waals surface area contributed by atoms with E-state index in [0.717, 1.165) is 6.07 Å². The van der Waals surface area contributed by atoms with Gasteiger partial charge in [0.15, 0.2) is 0 Å². The van der Waals surface area contributed by atoms with Gasteiger partial charge in [0.1, 0.15) is 0 Å². The SMILES string of the molecule is C=CCN(C)c1ccc(CO)cc1C(F)(F)F. The quantitative estimate of drug-likeness (QED) is 0.824. The average Bonchev–Trinajstić information content (AvgIpc) is 2.27. The van der Waals surface area contributed by atoms with Gasteiger partial charge in [-0.25, -0.2) is 0 Å². The van der Waals surface area contributed by atoms with Gasteiger partial charge in [-0.1, -0.05) is 12.1 Å². The van der Waals surface area contributed by atoms with Crippen molar-refractivity contribution >= 4 is 5.69 Å². The summed E-state index contributed by atoms with van der Waals surface area (Å²) in [5, 5.41) is 8.86. The monoisotopic (exact) mass is 245 g/mol. The molecule has 0 aliphatic heterocycles. The van der Waals surface area contributed by atoms with Crippen molar-refractivity contribution in [3.8, 4) is 0 Å². The van der Waals surface area contributed by atoms with Crippen LogP contribution >= 0.6 is 0 Å². The molecular formula is C12H14F3NO. The number of benzene rings is 1. The Morgan fingerprint density at radius 3 is 2.53 bits per heavy atom. The second kappa shape index (κ2) is 5.23. The fourth-order valence-electron chi connectivity index (χ4n) is 1.53. The van der Waals surface area contributed by atoms with E-state index in [9.17, 15) is 13.2 Å². The highest BCUT2D eigenvalue weighted by Crippen LogP contribution is 2.36. The normalized spacial score (nSPS) is 11.4. The Hall–Kier alpha value is -1.49. The maximum absolute atomic E-state index is 12.8. The third-order valence-electron chi connectivity index (χ3n) is 2.36. The summed E-state index contributed by atoms with van der Waals surface area (Å²) in [6, 6.07) is 3.80. The van der Waals surface area contributed by atoms with Gasteiger partial charge in [0, 0.05) is 19.3 Å². The van der Waals surface area contributed by atoms with Crippen LogP contribution < -0.4 is 4.90 Å². The van der Waals surface area contributed by atoms with Gasteiger partial charge in [0.25, 0.3) is 0 Å². The number of aliphatic hydroxyl groups is 1. The lowest BCUT2D eigenvalue weighted by molar-refractivity contribution is -0.137.